The van der Waals surface area contributed by atoms with Gasteiger partial charge in [-0.15, -0.1) is 10.2 Å². The normalized spacial score (nSPS) is 14.0. The summed E-state index contributed by atoms with van der Waals surface area (Å²) >= 11 is 0. The van der Waals surface area contributed by atoms with Gasteiger partial charge in [0, 0.05) is 7.05 Å². The van der Waals surface area contributed by atoms with Crippen LogP contribution in [0.25, 0.3) is 0 Å². The highest BCUT2D eigenvalue weighted by molar-refractivity contribution is 5.73. The zero-order valence-corrected chi connectivity index (χ0v) is 25.9. The maximum Gasteiger partial charge on any atom is 0.308 e. The monoisotopic (exact) mass is 602 g/mol. The highest BCUT2D eigenvalue weighted by Crippen LogP contribution is 2.31. The number of carbonyl (C=O) groups is 2. The standard InChI is InChI=1S/C33H42N6O5/c1-24(25-12-7-5-8-13-25)18-27(32(40)42-3)16-11-17-28(33(41)43-4)19-31(26-14-9-6-10-15-26)39-21-29(35-37-39)22-44-23-30-20-34-36-38(30)2/h5-10,12-15,20-21,24,27-28,31H,11,16-19,22-23H2,1-4H3. The molecule has 4 atom stereocenters. The summed E-state index contributed by atoms with van der Waals surface area (Å²) in [4.78, 5) is 25.7. The van der Waals surface area contributed by atoms with E-state index in [1.165, 1.54) is 19.8 Å². The van der Waals surface area contributed by atoms with Crippen LogP contribution in [0.15, 0.2) is 73.1 Å². The second kappa shape index (κ2) is 16.5. The van der Waals surface area contributed by atoms with Gasteiger partial charge >= 0.3 is 11.9 Å². The number of ether oxygens (including phenoxy) is 3. The summed E-state index contributed by atoms with van der Waals surface area (Å²) in [6.45, 7) is 2.74. The van der Waals surface area contributed by atoms with Gasteiger partial charge in [0.25, 0.3) is 0 Å². The molecular weight excluding hydrogens is 560 g/mol. The van der Waals surface area contributed by atoms with Crippen molar-refractivity contribution >= 4 is 11.9 Å². The van der Waals surface area contributed by atoms with Crippen molar-refractivity contribution in [2.24, 2.45) is 18.9 Å². The van der Waals surface area contributed by atoms with Crippen molar-refractivity contribution in [2.75, 3.05) is 14.2 Å². The van der Waals surface area contributed by atoms with Crippen LogP contribution in [0.2, 0.25) is 0 Å². The molecule has 0 aliphatic heterocycles. The molecule has 44 heavy (non-hydrogen) atoms. The molecule has 11 heteroatoms. The van der Waals surface area contributed by atoms with Gasteiger partial charge in [-0.25, -0.2) is 4.68 Å². The van der Waals surface area contributed by atoms with E-state index >= 15 is 0 Å². The topological polar surface area (TPSA) is 123 Å². The molecule has 2 aromatic carbocycles. The largest absolute Gasteiger partial charge is 0.469 e. The molecule has 0 spiro atoms. The zero-order chi connectivity index (χ0) is 31.3. The van der Waals surface area contributed by atoms with Crippen LogP contribution in [0.5, 0.6) is 0 Å². The maximum atomic E-state index is 13.0. The van der Waals surface area contributed by atoms with Crippen LogP contribution >= 0.6 is 0 Å². The molecule has 0 radical (unpaired) electrons. The number of nitrogens with zero attached hydrogens (tertiary/aromatic N) is 6. The van der Waals surface area contributed by atoms with E-state index in [0.717, 1.165) is 11.3 Å². The molecular formula is C33H42N6O5. The van der Waals surface area contributed by atoms with Gasteiger partial charge in [-0.2, -0.15) is 0 Å². The van der Waals surface area contributed by atoms with Gasteiger partial charge in [0.15, 0.2) is 0 Å². The Hall–Kier alpha value is -4.38. The first-order chi connectivity index (χ1) is 21.4. The summed E-state index contributed by atoms with van der Waals surface area (Å²) in [5, 5.41) is 16.5. The van der Waals surface area contributed by atoms with Crippen molar-refractivity contribution < 1.29 is 23.8 Å². The average Bonchev–Trinajstić information content (AvgIpc) is 3.70. The highest BCUT2D eigenvalue weighted by atomic mass is 16.5. The molecule has 0 amide bonds. The Morgan fingerprint density at radius 2 is 1.43 bits per heavy atom. The number of hydrogen-bond acceptors (Lipinski definition) is 9. The molecule has 2 heterocycles. The lowest BCUT2D eigenvalue weighted by molar-refractivity contribution is -0.146. The molecule has 0 fully saturated rings. The molecule has 0 N–H and O–H groups in total. The van der Waals surface area contributed by atoms with Crippen molar-refractivity contribution in [2.45, 2.75) is 64.2 Å². The minimum Gasteiger partial charge on any atom is -0.469 e. The molecule has 234 valence electrons. The van der Waals surface area contributed by atoms with E-state index < -0.39 is 5.92 Å². The van der Waals surface area contributed by atoms with Crippen LogP contribution in [0, 0.1) is 11.8 Å². The van der Waals surface area contributed by atoms with Gasteiger partial charge in [-0.1, -0.05) is 84.4 Å². The molecule has 11 nitrogen and oxygen atoms in total. The first-order valence-electron chi connectivity index (χ1n) is 15.0. The number of aryl methyl sites for hydroxylation is 1. The molecule has 0 saturated heterocycles. The summed E-state index contributed by atoms with van der Waals surface area (Å²) in [5.41, 5.74) is 3.71. The molecule has 0 saturated carbocycles. The minimum atomic E-state index is -0.406. The van der Waals surface area contributed by atoms with Crippen molar-refractivity contribution in [1.29, 1.82) is 0 Å². The molecule has 2 aromatic heterocycles. The van der Waals surface area contributed by atoms with Gasteiger partial charge < -0.3 is 14.2 Å². The molecule has 0 aliphatic carbocycles. The van der Waals surface area contributed by atoms with E-state index in [1.807, 2.05) is 61.8 Å². The van der Waals surface area contributed by atoms with Crippen LogP contribution in [0.4, 0.5) is 0 Å². The van der Waals surface area contributed by atoms with Gasteiger partial charge in [0.1, 0.15) is 5.69 Å². The zero-order valence-electron chi connectivity index (χ0n) is 25.9. The molecule has 0 bridgehead atoms. The fourth-order valence-electron chi connectivity index (χ4n) is 5.53. The fraction of sp³-hybridized carbons (Fsp3) is 0.455. The fourth-order valence-corrected chi connectivity index (χ4v) is 5.53. The quantitative estimate of drug-likeness (QED) is 0.153. The number of methoxy groups -OCH3 is 2. The lowest BCUT2D eigenvalue weighted by atomic mass is 9.85. The SMILES string of the molecule is COC(=O)C(CCCC(CC(c1ccccc1)n1cc(COCc2cnnn2C)nn1)C(=O)OC)CC(C)c1ccccc1. The first-order valence-corrected chi connectivity index (χ1v) is 15.0. The second-order valence-electron chi connectivity index (χ2n) is 11.1. The van der Waals surface area contributed by atoms with Crippen molar-refractivity contribution in [3.63, 3.8) is 0 Å². The van der Waals surface area contributed by atoms with E-state index in [2.05, 4.69) is 39.7 Å². The van der Waals surface area contributed by atoms with Gasteiger partial charge in [-0.05, 0) is 42.7 Å². The summed E-state index contributed by atoms with van der Waals surface area (Å²) in [5.74, 6) is -0.978. The van der Waals surface area contributed by atoms with E-state index in [0.29, 0.717) is 44.4 Å². The Morgan fingerprint density at radius 1 is 0.818 bits per heavy atom. The van der Waals surface area contributed by atoms with E-state index in [9.17, 15) is 9.59 Å². The number of benzene rings is 2. The third kappa shape index (κ3) is 9.06. The second-order valence-corrected chi connectivity index (χ2v) is 11.1. The Kier molecular flexibility index (Phi) is 12.2. The smallest absolute Gasteiger partial charge is 0.308 e. The summed E-state index contributed by atoms with van der Waals surface area (Å²) < 4.78 is 19.6. The molecule has 4 unspecified atom stereocenters. The van der Waals surface area contributed by atoms with Crippen LogP contribution in [-0.4, -0.2) is 56.1 Å². The number of carbonyl (C=O) groups excluding carboxylic acids is 2. The summed E-state index contributed by atoms with van der Waals surface area (Å²) in [7, 11) is 4.65. The predicted octanol–water partition coefficient (Wildman–Crippen LogP) is 5.05. The predicted molar refractivity (Wildman–Crippen MR) is 163 cm³/mol. The highest BCUT2D eigenvalue weighted by Gasteiger charge is 2.28. The Labute approximate surface area is 258 Å². The average molecular weight is 603 g/mol. The lowest BCUT2D eigenvalue weighted by Gasteiger charge is -2.24. The minimum absolute atomic E-state index is 0.199. The lowest BCUT2D eigenvalue weighted by Crippen LogP contribution is -2.24. The van der Waals surface area contributed by atoms with Crippen LogP contribution in [0.1, 0.15) is 73.5 Å². The van der Waals surface area contributed by atoms with Crippen LogP contribution in [-0.2, 0) is 44.1 Å². The van der Waals surface area contributed by atoms with Gasteiger partial charge in [0.05, 0.1) is 63.4 Å². The van der Waals surface area contributed by atoms with Crippen LogP contribution < -0.4 is 0 Å². The number of rotatable bonds is 17. The van der Waals surface area contributed by atoms with Crippen molar-refractivity contribution in [3.8, 4) is 0 Å². The van der Waals surface area contributed by atoms with Crippen molar-refractivity contribution in [1.82, 2.24) is 30.0 Å². The van der Waals surface area contributed by atoms with E-state index in [1.54, 1.807) is 15.6 Å². The summed E-state index contributed by atoms with van der Waals surface area (Å²) in [6.07, 6.45) is 6.49. The third-order valence-electron chi connectivity index (χ3n) is 8.06. The molecule has 4 rings (SSSR count). The number of esters is 2. The van der Waals surface area contributed by atoms with E-state index in [4.69, 9.17) is 14.2 Å². The number of aromatic nitrogens is 6. The first kappa shape index (κ1) is 32.5. The summed E-state index contributed by atoms with van der Waals surface area (Å²) in [6, 6.07) is 19.8. The van der Waals surface area contributed by atoms with Crippen molar-refractivity contribution in [3.05, 3.63) is 95.6 Å². The Balaban J connectivity index is 1.43. The van der Waals surface area contributed by atoms with Crippen LogP contribution in [0.3, 0.4) is 0 Å². The third-order valence-corrected chi connectivity index (χ3v) is 8.06. The number of hydrogen-bond donors (Lipinski definition) is 0. The maximum absolute atomic E-state index is 13.0. The van der Waals surface area contributed by atoms with E-state index in [-0.39, 0.29) is 36.4 Å². The Bertz CT molecular complexity index is 1440. The molecule has 4 aromatic rings. The Morgan fingerprint density at radius 3 is 2.02 bits per heavy atom. The molecule has 0 aliphatic rings. The van der Waals surface area contributed by atoms with Gasteiger partial charge in [-0.3, -0.25) is 14.3 Å². The van der Waals surface area contributed by atoms with Gasteiger partial charge in [0.2, 0.25) is 0 Å².